The number of ketones is 1. The van der Waals surface area contributed by atoms with Crippen LogP contribution in [-0.2, 0) is 4.79 Å². The van der Waals surface area contributed by atoms with E-state index < -0.39 is 0 Å². The molecule has 0 aliphatic heterocycles. The highest BCUT2D eigenvalue weighted by molar-refractivity contribution is 5.96. The fraction of sp³-hybridized carbons (Fsp3) is 0.222. The third kappa shape index (κ3) is 2.08. The highest BCUT2D eigenvalue weighted by Gasteiger charge is 1.96. The van der Waals surface area contributed by atoms with Gasteiger partial charge in [0.15, 0.2) is 5.78 Å². The van der Waals surface area contributed by atoms with E-state index in [2.05, 4.69) is 0 Å². The van der Waals surface area contributed by atoms with E-state index in [9.17, 15) is 4.79 Å². The van der Waals surface area contributed by atoms with Crippen molar-refractivity contribution >= 4 is 11.9 Å². The Hall–Kier alpha value is -1.31. The van der Waals surface area contributed by atoms with Gasteiger partial charge in [0.25, 0.3) is 0 Å². The number of furan rings is 1. The molecule has 11 heavy (non-hydrogen) atoms. The molecule has 2 nitrogen and oxygen atoms in total. The van der Waals surface area contributed by atoms with Gasteiger partial charge in [-0.25, -0.2) is 0 Å². The minimum atomic E-state index is 0.0891. The van der Waals surface area contributed by atoms with Crippen LogP contribution in [0.4, 0.5) is 0 Å². The first-order valence-corrected chi connectivity index (χ1v) is 3.41. The molecule has 0 aliphatic rings. The quantitative estimate of drug-likeness (QED) is 0.605. The maximum Gasteiger partial charge on any atom is 0.155 e. The Bertz CT molecular complexity index is 268. The minimum absolute atomic E-state index is 0.0891. The van der Waals surface area contributed by atoms with Crippen LogP contribution in [0.3, 0.4) is 0 Å². The molecule has 58 valence electrons. The molecule has 0 spiro atoms. The molecule has 2 heteroatoms. The van der Waals surface area contributed by atoms with Gasteiger partial charge in [0.1, 0.15) is 0 Å². The number of rotatable bonds is 2. The highest BCUT2D eigenvalue weighted by Crippen LogP contribution is 2.06. The molecule has 0 radical (unpaired) electrons. The number of allylic oxidation sites excluding steroid dienone is 1. The molecule has 0 fully saturated rings. The Morgan fingerprint density at radius 1 is 1.55 bits per heavy atom. The lowest BCUT2D eigenvalue weighted by molar-refractivity contribution is -0.113. The molecule has 0 saturated heterocycles. The van der Waals surface area contributed by atoms with Crippen molar-refractivity contribution in [3.63, 3.8) is 0 Å². The van der Waals surface area contributed by atoms with Gasteiger partial charge in [-0.15, -0.1) is 0 Å². The number of carbonyl (C=O) groups excluding carboxylic acids is 1. The SMILES string of the molecule is CC(=O)/C(C)=C/c1ccoc1. The van der Waals surface area contributed by atoms with E-state index in [1.165, 1.54) is 0 Å². The average molecular weight is 150 g/mol. The minimum Gasteiger partial charge on any atom is -0.472 e. The fourth-order valence-corrected chi connectivity index (χ4v) is 0.709. The standard InChI is InChI=1S/C9H10O2/c1-7(8(2)10)5-9-3-4-11-6-9/h3-6H,1-2H3/b7-5+. The molecule has 0 saturated carbocycles. The summed E-state index contributed by atoms with van der Waals surface area (Å²) in [7, 11) is 0. The summed E-state index contributed by atoms with van der Waals surface area (Å²) >= 11 is 0. The van der Waals surface area contributed by atoms with Crippen LogP contribution in [0.1, 0.15) is 19.4 Å². The second-order valence-corrected chi connectivity index (χ2v) is 2.44. The lowest BCUT2D eigenvalue weighted by atomic mass is 10.1. The monoisotopic (exact) mass is 150 g/mol. The van der Waals surface area contributed by atoms with E-state index in [-0.39, 0.29) is 5.78 Å². The second-order valence-electron chi connectivity index (χ2n) is 2.44. The molecule has 0 atom stereocenters. The van der Waals surface area contributed by atoms with Crippen molar-refractivity contribution in [3.05, 3.63) is 29.7 Å². The van der Waals surface area contributed by atoms with E-state index >= 15 is 0 Å². The van der Waals surface area contributed by atoms with Crippen molar-refractivity contribution < 1.29 is 9.21 Å². The molecule has 1 aromatic heterocycles. The summed E-state index contributed by atoms with van der Waals surface area (Å²) in [5, 5.41) is 0. The number of hydrogen-bond acceptors (Lipinski definition) is 2. The van der Waals surface area contributed by atoms with Crippen LogP contribution in [0.25, 0.3) is 6.08 Å². The van der Waals surface area contributed by atoms with Gasteiger partial charge in [0.2, 0.25) is 0 Å². The Balaban J connectivity index is 2.82. The van der Waals surface area contributed by atoms with Crippen LogP contribution in [0.5, 0.6) is 0 Å². The van der Waals surface area contributed by atoms with Gasteiger partial charge in [-0.2, -0.15) is 0 Å². The normalized spacial score (nSPS) is 11.6. The molecule has 1 heterocycles. The smallest absolute Gasteiger partial charge is 0.155 e. The summed E-state index contributed by atoms with van der Waals surface area (Å²) in [6, 6.07) is 1.81. The van der Waals surface area contributed by atoms with Crippen LogP contribution in [0.15, 0.2) is 28.6 Å². The topological polar surface area (TPSA) is 30.2 Å². The average Bonchev–Trinajstić information content (AvgIpc) is 2.39. The van der Waals surface area contributed by atoms with Gasteiger partial charge in [-0.3, -0.25) is 4.79 Å². The second kappa shape index (κ2) is 3.19. The summed E-state index contributed by atoms with van der Waals surface area (Å²) in [4.78, 5) is 10.8. The summed E-state index contributed by atoms with van der Waals surface area (Å²) in [5.41, 5.74) is 1.67. The maximum atomic E-state index is 10.8. The van der Waals surface area contributed by atoms with Gasteiger partial charge >= 0.3 is 0 Å². The largest absolute Gasteiger partial charge is 0.472 e. The first-order chi connectivity index (χ1) is 5.20. The summed E-state index contributed by atoms with van der Waals surface area (Å²) in [5.74, 6) is 0.0891. The Kier molecular flexibility index (Phi) is 2.26. The van der Waals surface area contributed by atoms with E-state index in [0.717, 1.165) is 11.1 Å². The van der Waals surface area contributed by atoms with E-state index in [1.807, 2.05) is 6.07 Å². The predicted molar refractivity (Wildman–Crippen MR) is 43.0 cm³/mol. The van der Waals surface area contributed by atoms with Crippen LogP contribution in [-0.4, -0.2) is 5.78 Å². The lowest BCUT2D eigenvalue weighted by Gasteiger charge is -1.90. The van der Waals surface area contributed by atoms with Crippen LogP contribution in [0, 0.1) is 0 Å². The van der Waals surface area contributed by atoms with Gasteiger partial charge in [0.05, 0.1) is 12.5 Å². The molecule has 0 aliphatic carbocycles. The predicted octanol–water partition coefficient (Wildman–Crippen LogP) is 2.27. The molecule has 1 aromatic rings. The van der Waals surface area contributed by atoms with Crippen molar-refractivity contribution in [2.24, 2.45) is 0 Å². The first kappa shape index (κ1) is 7.79. The number of carbonyl (C=O) groups is 1. The number of hydrogen-bond donors (Lipinski definition) is 0. The molecular formula is C9H10O2. The first-order valence-electron chi connectivity index (χ1n) is 3.41. The van der Waals surface area contributed by atoms with Gasteiger partial charge < -0.3 is 4.42 Å². The third-order valence-corrected chi connectivity index (χ3v) is 1.48. The van der Waals surface area contributed by atoms with Crippen molar-refractivity contribution in [3.8, 4) is 0 Å². The molecule has 1 rings (SSSR count). The summed E-state index contributed by atoms with van der Waals surface area (Å²) < 4.78 is 4.84. The van der Waals surface area contributed by atoms with Gasteiger partial charge in [-0.1, -0.05) is 0 Å². The van der Waals surface area contributed by atoms with E-state index in [4.69, 9.17) is 4.42 Å². The Morgan fingerprint density at radius 3 is 2.73 bits per heavy atom. The summed E-state index contributed by atoms with van der Waals surface area (Å²) in [6.07, 6.45) is 4.98. The molecule has 0 unspecified atom stereocenters. The van der Waals surface area contributed by atoms with Crippen molar-refractivity contribution in [1.82, 2.24) is 0 Å². The Labute approximate surface area is 65.5 Å². The fourth-order valence-electron chi connectivity index (χ4n) is 0.709. The molecule has 0 aromatic carbocycles. The zero-order valence-electron chi connectivity index (χ0n) is 6.63. The zero-order chi connectivity index (χ0) is 8.27. The highest BCUT2D eigenvalue weighted by atomic mass is 16.3. The molecule has 0 amide bonds. The lowest BCUT2D eigenvalue weighted by Crippen LogP contribution is -1.89. The van der Waals surface area contributed by atoms with Crippen LogP contribution >= 0.6 is 0 Å². The van der Waals surface area contributed by atoms with Crippen LogP contribution < -0.4 is 0 Å². The molecule has 0 N–H and O–H groups in total. The van der Waals surface area contributed by atoms with Gasteiger partial charge in [0, 0.05) is 5.56 Å². The summed E-state index contributed by atoms with van der Waals surface area (Å²) in [6.45, 7) is 3.33. The number of Topliss-reactive ketones (excluding diaryl/α,β-unsaturated/α-hetero) is 1. The van der Waals surface area contributed by atoms with Crippen molar-refractivity contribution in [2.75, 3.05) is 0 Å². The third-order valence-electron chi connectivity index (χ3n) is 1.48. The Morgan fingerprint density at radius 2 is 2.27 bits per heavy atom. The zero-order valence-corrected chi connectivity index (χ0v) is 6.63. The van der Waals surface area contributed by atoms with Gasteiger partial charge in [-0.05, 0) is 31.6 Å². The van der Waals surface area contributed by atoms with E-state index in [1.54, 1.807) is 32.4 Å². The van der Waals surface area contributed by atoms with Crippen LogP contribution in [0.2, 0.25) is 0 Å². The molecule has 0 bridgehead atoms. The van der Waals surface area contributed by atoms with Crippen molar-refractivity contribution in [2.45, 2.75) is 13.8 Å². The van der Waals surface area contributed by atoms with Crippen molar-refractivity contribution in [1.29, 1.82) is 0 Å². The maximum absolute atomic E-state index is 10.8. The molecular weight excluding hydrogens is 140 g/mol. The van der Waals surface area contributed by atoms with E-state index in [0.29, 0.717) is 0 Å².